The van der Waals surface area contributed by atoms with Gasteiger partial charge in [-0.25, -0.2) is 0 Å². The Kier molecular flexibility index (Phi) is 4.89. The van der Waals surface area contributed by atoms with Crippen LogP contribution in [-0.4, -0.2) is 12.4 Å². The van der Waals surface area contributed by atoms with Crippen LogP contribution < -0.4 is 4.74 Å². The Morgan fingerprint density at radius 3 is 2.32 bits per heavy atom. The number of halogens is 6. The predicted molar refractivity (Wildman–Crippen MR) is 60.4 cm³/mol. The normalized spacial score (nSPS) is 13.5. The van der Waals surface area contributed by atoms with Gasteiger partial charge in [-0.15, -0.1) is 0 Å². The van der Waals surface area contributed by atoms with E-state index in [0.717, 1.165) is 12.1 Å². The Labute approximate surface area is 113 Å². The zero-order valence-electron chi connectivity index (χ0n) is 9.47. The number of rotatable bonds is 4. The van der Waals surface area contributed by atoms with Crippen molar-refractivity contribution in [2.24, 2.45) is 0 Å². The summed E-state index contributed by atoms with van der Waals surface area (Å²) in [5.41, 5.74) is -1.21. The molecular weight excluding hydrogens is 339 g/mol. The van der Waals surface area contributed by atoms with Gasteiger partial charge in [0.25, 0.3) is 0 Å². The average molecular weight is 347 g/mol. The Balaban J connectivity index is 3.26. The molecule has 0 bridgehead atoms. The molecule has 8 heteroatoms. The predicted octanol–water partition coefficient (Wildman–Crippen LogP) is 4.33. The van der Waals surface area contributed by atoms with E-state index in [2.05, 4.69) is 20.7 Å². The lowest BCUT2D eigenvalue weighted by atomic mass is 10.1. The van der Waals surface area contributed by atoms with Crippen LogP contribution >= 0.6 is 15.9 Å². The van der Waals surface area contributed by atoms with E-state index in [0.29, 0.717) is 6.07 Å². The quantitative estimate of drug-likeness (QED) is 0.599. The molecule has 0 heterocycles. The first kappa shape index (κ1) is 15.9. The Bertz CT molecular complexity index is 473. The summed E-state index contributed by atoms with van der Waals surface area (Å²) in [6.07, 6.45) is -4.82. The molecule has 0 fully saturated rings. The maximum absolute atomic E-state index is 12.6. The molecule has 0 N–H and O–H groups in total. The summed E-state index contributed by atoms with van der Waals surface area (Å²) in [5.74, 6) is -1.38. The largest absolute Gasteiger partial charge is 0.434 e. The zero-order chi connectivity index (χ0) is 14.8. The molecule has 1 atom stereocenters. The van der Waals surface area contributed by atoms with Gasteiger partial charge in [-0.2, -0.15) is 22.0 Å². The fourth-order valence-corrected chi connectivity index (χ4v) is 1.64. The van der Waals surface area contributed by atoms with Crippen molar-refractivity contribution < 1.29 is 31.5 Å². The van der Waals surface area contributed by atoms with E-state index >= 15 is 0 Å². The highest BCUT2D eigenvalue weighted by atomic mass is 79.9. The van der Waals surface area contributed by atoms with Crippen LogP contribution in [0.15, 0.2) is 18.2 Å². The minimum absolute atomic E-state index is 0.108. The van der Waals surface area contributed by atoms with Crippen molar-refractivity contribution in [1.82, 2.24) is 0 Å². The third-order valence-electron chi connectivity index (χ3n) is 2.18. The number of ether oxygens (including phenoxy) is 1. The van der Waals surface area contributed by atoms with Gasteiger partial charge < -0.3 is 4.74 Å². The summed E-state index contributed by atoms with van der Waals surface area (Å²) < 4.78 is 65.8. The van der Waals surface area contributed by atoms with E-state index in [1.54, 1.807) is 0 Å². The summed E-state index contributed by atoms with van der Waals surface area (Å²) in [6.45, 7) is -2.17. The summed E-state index contributed by atoms with van der Waals surface area (Å²) in [5, 5.41) is 0. The van der Waals surface area contributed by atoms with Crippen LogP contribution in [0.2, 0.25) is 0 Å². The number of Topliss-reactive ketones (excluding diaryl/α,β-unsaturated/α-hetero) is 1. The maximum atomic E-state index is 12.6. The molecule has 0 saturated heterocycles. The molecule has 1 unspecified atom stereocenters. The topological polar surface area (TPSA) is 26.3 Å². The highest BCUT2D eigenvalue weighted by molar-refractivity contribution is 9.09. The molecule has 1 aromatic rings. The molecule has 0 aliphatic carbocycles. The summed E-state index contributed by atoms with van der Waals surface area (Å²) >= 11 is 2.95. The lowest BCUT2D eigenvalue weighted by molar-refractivity contribution is -0.141. The van der Waals surface area contributed by atoms with Gasteiger partial charge in [0.1, 0.15) is 11.5 Å². The van der Waals surface area contributed by atoms with Gasteiger partial charge in [-0.3, -0.25) is 4.79 Å². The van der Waals surface area contributed by atoms with Gasteiger partial charge >= 0.3 is 12.8 Å². The minimum Gasteiger partial charge on any atom is -0.434 e. The van der Waals surface area contributed by atoms with Gasteiger partial charge in [-0.1, -0.05) is 22.0 Å². The number of alkyl halides is 6. The summed E-state index contributed by atoms with van der Waals surface area (Å²) in [4.78, 5) is 10.2. The first-order valence-electron chi connectivity index (χ1n) is 4.93. The minimum atomic E-state index is -4.82. The van der Waals surface area contributed by atoms with Gasteiger partial charge in [0, 0.05) is 0 Å². The molecule has 1 rings (SSSR count). The molecule has 0 aromatic heterocycles. The van der Waals surface area contributed by atoms with Gasteiger partial charge in [0.2, 0.25) is 0 Å². The fourth-order valence-electron chi connectivity index (χ4n) is 1.36. The highest BCUT2D eigenvalue weighted by Crippen LogP contribution is 2.39. The zero-order valence-corrected chi connectivity index (χ0v) is 11.1. The van der Waals surface area contributed by atoms with E-state index in [9.17, 15) is 26.7 Å². The SMILES string of the molecule is CC(=O)C(Br)c1ccc(C(F)(F)F)c(OC(F)F)c1. The first-order valence-corrected chi connectivity index (χ1v) is 5.85. The van der Waals surface area contributed by atoms with E-state index in [-0.39, 0.29) is 11.3 Å². The Hall–Kier alpha value is -1.18. The van der Waals surface area contributed by atoms with Crippen molar-refractivity contribution in [3.8, 4) is 5.75 Å². The van der Waals surface area contributed by atoms with E-state index in [1.807, 2.05) is 0 Å². The van der Waals surface area contributed by atoms with Crippen LogP contribution in [0.1, 0.15) is 22.9 Å². The number of carbonyl (C=O) groups is 1. The van der Waals surface area contributed by atoms with Crippen LogP contribution in [-0.2, 0) is 11.0 Å². The number of carbonyl (C=O) groups excluding carboxylic acids is 1. The molecule has 0 radical (unpaired) electrons. The van der Waals surface area contributed by atoms with Crippen molar-refractivity contribution in [3.63, 3.8) is 0 Å². The molecule has 2 nitrogen and oxygen atoms in total. The maximum Gasteiger partial charge on any atom is 0.419 e. The Morgan fingerprint density at radius 1 is 1.32 bits per heavy atom. The van der Waals surface area contributed by atoms with Crippen molar-refractivity contribution in [2.75, 3.05) is 0 Å². The van der Waals surface area contributed by atoms with Crippen LogP contribution in [0.3, 0.4) is 0 Å². The van der Waals surface area contributed by atoms with Crippen molar-refractivity contribution in [2.45, 2.75) is 24.5 Å². The van der Waals surface area contributed by atoms with Crippen LogP contribution in [0, 0.1) is 0 Å². The second-order valence-corrected chi connectivity index (χ2v) is 4.52. The molecule has 0 spiro atoms. The van der Waals surface area contributed by atoms with Gasteiger partial charge in [-0.05, 0) is 24.6 Å². The molecule has 0 aliphatic rings. The highest BCUT2D eigenvalue weighted by Gasteiger charge is 2.35. The number of benzene rings is 1. The third kappa shape index (κ3) is 4.15. The molecule has 0 aliphatic heterocycles. The van der Waals surface area contributed by atoms with Crippen LogP contribution in [0.25, 0.3) is 0 Å². The van der Waals surface area contributed by atoms with Crippen molar-refractivity contribution in [1.29, 1.82) is 0 Å². The molecule has 1 aromatic carbocycles. The standard InChI is InChI=1S/C11H8BrF5O2/c1-5(18)9(12)6-2-3-7(11(15,16)17)8(4-6)19-10(13)14/h2-4,9-10H,1H3. The smallest absolute Gasteiger partial charge is 0.419 e. The van der Waals surface area contributed by atoms with Gasteiger partial charge in [0.15, 0.2) is 0 Å². The number of hydrogen-bond acceptors (Lipinski definition) is 2. The third-order valence-corrected chi connectivity index (χ3v) is 3.35. The lowest BCUT2D eigenvalue weighted by Gasteiger charge is -2.15. The molecule has 0 saturated carbocycles. The molecule has 0 amide bonds. The van der Waals surface area contributed by atoms with Crippen molar-refractivity contribution >= 4 is 21.7 Å². The monoisotopic (exact) mass is 346 g/mol. The second kappa shape index (κ2) is 5.85. The van der Waals surface area contributed by atoms with E-state index in [4.69, 9.17) is 0 Å². The van der Waals surface area contributed by atoms with E-state index in [1.165, 1.54) is 6.92 Å². The molecular formula is C11H8BrF5O2. The molecule has 19 heavy (non-hydrogen) atoms. The Morgan fingerprint density at radius 2 is 1.89 bits per heavy atom. The first-order chi connectivity index (χ1) is 8.62. The molecule has 106 valence electrons. The fraction of sp³-hybridized carbons (Fsp3) is 0.364. The lowest BCUT2D eigenvalue weighted by Crippen LogP contribution is -2.12. The van der Waals surface area contributed by atoms with Gasteiger partial charge in [0.05, 0.1) is 10.4 Å². The number of ketones is 1. The second-order valence-electron chi connectivity index (χ2n) is 3.61. The van der Waals surface area contributed by atoms with Crippen LogP contribution in [0.4, 0.5) is 22.0 Å². The van der Waals surface area contributed by atoms with Crippen LogP contribution in [0.5, 0.6) is 5.75 Å². The summed E-state index contributed by atoms with van der Waals surface area (Å²) in [6, 6.07) is 2.40. The van der Waals surface area contributed by atoms with E-state index < -0.39 is 28.9 Å². The van der Waals surface area contributed by atoms with Crippen molar-refractivity contribution in [3.05, 3.63) is 29.3 Å². The number of hydrogen-bond donors (Lipinski definition) is 0. The summed E-state index contributed by atoms with van der Waals surface area (Å²) in [7, 11) is 0. The average Bonchev–Trinajstić information content (AvgIpc) is 2.25.